The molecule has 0 heterocycles. The summed E-state index contributed by atoms with van der Waals surface area (Å²) in [6.07, 6.45) is 30.2. The zero-order chi connectivity index (χ0) is 16.8. The van der Waals surface area contributed by atoms with E-state index in [0.29, 0.717) is 6.61 Å². The third-order valence-electron chi connectivity index (χ3n) is 4.36. The van der Waals surface area contributed by atoms with Crippen LogP contribution in [0, 0.1) is 0 Å². The van der Waals surface area contributed by atoms with E-state index in [9.17, 15) is 0 Å². The molecule has 0 aromatic heterocycles. The molecule has 0 fully saturated rings. The van der Waals surface area contributed by atoms with E-state index in [1.54, 1.807) is 0 Å². The number of hydrogen-bond donors (Lipinski definition) is 1. The molecule has 1 nitrogen and oxygen atoms in total. The van der Waals surface area contributed by atoms with Crippen LogP contribution in [-0.2, 0) is 0 Å². The van der Waals surface area contributed by atoms with Crippen molar-refractivity contribution in [1.29, 1.82) is 0 Å². The van der Waals surface area contributed by atoms with Gasteiger partial charge in [0.25, 0.3) is 0 Å². The first kappa shape index (κ1) is 22.4. The molecule has 0 unspecified atom stereocenters. The Morgan fingerprint density at radius 2 is 0.957 bits per heavy atom. The van der Waals surface area contributed by atoms with Gasteiger partial charge >= 0.3 is 0 Å². The Bertz CT molecular complexity index is 255. The van der Waals surface area contributed by atoms with E-state index in [1.807, 2.05) is 0 Å². The summed E-state index contributed by atoms with van der Waals surface area (Å²) >= 11 is 0. The highest BCUT2D eigenvalue weighted by molar-refractivity contribution is 4.92. The van der Waals surface area contributed by atoms with E-state index in [4.69, 9.17) is 5.11 Å². The van der Waals surface area contributed by atoms with Crippen molar-refractivity contribution >= 4 is 0 Å². The highest BCUT2D eigenvalue weighted by Gasteiger charge is 1.92. The fraction of sp³-hybridized carbons (Fsp3) is 0.818. The molecular formula is C22H42O. The lowest BCUT2D eigenvalue weighted by atomic mass is 10.0. The summed E-state index contributed by atoms with van der Waals surface area (Å²) in [6.45, 7) is 2.59. The van der Waals surface area contributed by atoms with E-state index in [-0.39, 0.29) is 0 Å². The Labute approximate surface area is 146 Å². The van der Waals surface area contributed by atoms with Crippen LogP contribution < -0.4 is 0 Å². The summed E-state index contributed by atoms with van der Waals surface area (Å²) in [5.41, 5.74) is 0. The van der Waals surface area contributed by atoms with Gasteiger partial charge in [-0.15, -0.1) is 0 Å². The fourth-order valence-electron chi connectivity index (χ4n) is 2.82. The van der Waals surface area contributed by atoms with Gasteiger partial charge in [-0.2, -0.15) is 0 Å². The normalized spacial score (nSPS) is 11.9. The maximum Gasteiger partial charge on any atom is 0.0433 e. The maximum absolute atomic E-state index is 8.66. The van der Waals surface area contributed by atoms with Crippen LogP contribution in [0.25, 0.3) is 0 Å². The van der Waals surface area contributed by atoms with E-state index >= 15 is 0 Å². The highest BCUT2D eigenvalue weighted by Crippen LogP contribution is 2.12. The van der Waals surface area contributed by atoms with Crippen molar-refractivity contribution in [1.82, 2.24) is 0 Å². The van der Waals surface area contributed by atoms with Crippen LogP contribution >= 0.6 is 0 Å². The third-order valence-corrected chi connectivity index (χ3v) is 4.36. The molecule has 0 spiro atoms. The molecule has 0 aromatic rings. The lowest BCUT2D eigenvalue weighted by Crippen LogP contribution is -1.82. The average molecular weight is 323 g/mol. The van der Waals surface area contributed by atoms with Crippen LogP contribution in [0.1, 0.15) is 110 Å². The molecule has 0 radical (unpaired) electrons. The lowest BCUT2D eigenvalue weighted by molar-refractivity contribution is 0.289. The van der Waals surface area contributed by atoms with Crippen LogP contribution in [0.15, 0.2) is 24.3 Å². The Morgan fingerprint density at radius 1 is 0.522 bits per heavy atom. The van der Waals surface area contributed by atoms with Crippen molar-refractivity contribution in [3.63, 3.8) is 0 Å². The van der Waals surface area contributed by atoms with Crippen molar-refractivity contribution < 1.29 is 5.11 Å². The minimum absolute atomic E-state index is 0.305. The second kappa shape index (κ2) is 21.4. The van der Waals surface area contributed by atoms with Gasteiger partial charge in [-0.25, -0.2) is 0 Å². The zero-order valence-electron chi connectivity index (χ0n) is 15.8. The zero-order valence-corrected chi connectivity index (χ0v) is 15.8. The first-order chi connectivity index (χ1) is 11.4. The predicted molar refractivity (Wildman–Crippen MR) is 105 cm³/mol. The Kier molecular flexibility index (Phi) is 20.9. The maximum atomic E-state index is 8.66. The number of allylic oxidation sites excluding steroid dienone is 4. The molecule has 0 saturated heterocycles. The van der Waals surface area contributed by atoms with E-state index in [1.165, 1.54) is 83.5 Å². The molecule has 0 rings (SSSR count). The van der Waals surface area contributed by atoms with Crippen LogP contribution in [0.2, 0.25) is 0 Å². The standard InChI is InChI=1S/C22H42O/c1-2-3-4-5-6-7-8-9-10-11-12-13-14-15-16-17-18-19-20-21-22-23/h15-16,18-19,23H,2-14,17,20-22H2,1H3. The van der Waals surface area contributed by atoms with Gasteiger partial charge in [0.1, 0.15) is 0 Å². The van der Waals surface area contributed by atoms with E-state index < -0.39 is 0 Å². The Balaban J connectivity index is 3.08. The quantitative estimate of drug-likeness (QED) is 0.206. The summed E-state index contributed by atoms with van der Waals surface area (Å²) < 4.78 is 0. The number of unbranched alkanes of at least 4 members (excludes halogenated alkanes) is 13. The second-order valence-corrected chi connectivity index (χ2v) is 6.72. The van der Waals surface area contributed by atoms with Gasteiger partial charge in [0, 0.05) is 6.61 Å². The van der Waals surface area contributed by atoms with Gasteiger partial charge in [0.05, 0.1) is 0 Å². The molecule has 0 aliphatic rings. The molecule has 1 heteroatoms. The fourth-order valence-corrected chi connectivity index (χ4v) is 2.82. The van der Waals surface area contributed by atoms with E-state index in [0.717, 1.165) is 19.3 Å². The van der Waals surface area contributed by atoms with Crippen LogP contribution in [0.5, 0.6) is 0 Å². The minimum Gasteiger partial charge on any atom is -0.396 e. The molecule has 1 N–H and O–H groups in total. The van der Waals surface area contributed by atoms with E-state index in [2.05, 4.69) is 31.2 Å². The first-order valence-corrected chi connectivity index (χ1v) is 10.3. The molecular weight excluding hydrogens is 280 g/mol. The summed E-state index contributed by atoms with van der Waals surface area (Å²) in [7, 11) is 0. The van der Waals surface area contributed by atoms with Gasteiger partial charge in [0.2, 0.25) is 0 Å². The van der Waals surface area contributed by atoms with Crippen molar-refractivity contribution in [3.8, 4) is 0 Å². The molecule has 0 aliphatic heterocycles. The van der Waals surface area contributed by atoms with Crippen molar-refractivity contribution in [3.05, 3.63) is 24.3 Å². The number of aliphatic hydroxyl groups is 1. The SMILES string of the molecule is CCCCCCCCCCCCCCC=CCC=CCCCO. The number of hydrogen-bond acceptors (Lipinski definition) is 1. The third kappa shape index (κ3) is 21.4. The molecule has 0 bridgehead atoms. The first-order valence-electron chi connectivity index (χ1n) is 10.3. The molecule has 136 valence electrons. The summed E-state index contributed by atoms with van der Waals surface area (Å²) in [6, 6.07) is 0. The minimum atomic E-state index is 0.305. The van der Waals surface area contributed by atoms with Crippen molar-refractivity contribution in [2.24, 2.45) is 0 Å². The molecule has 0 saturated carbocycles. The lowest BCUT2D eigenvalue weighted by Gasteiger charge is -2.02. The smallest absolute Gasteiger partial charge is 0.0433 e. The summed E-state index contributed by atoms with van der Waals surface area (Å²) in [4.78, 5) is 0. The Morgan fingerprint density at radius 3 is 1.43 bits per heavy atom. The molecule has 0 amide bonds. The van der Waals surface area contributed by atoms with Crippen LogP contribution in [-0.4, -0.2) is 11.7 Å². The largest absolute Gasteiger partial charge is 0.396 e. The average Bonchev–Trinajstić information content (AvgIpc) is 2.57. The monoisotopic (exact) mass is 322 g/mol. The number of rotatable bonds is 18. The second-order valence-electron chi connectivity index (χ2n) is 6.72. The van der Waals surface area contributed by atoms with Gasteiger partial charge in [-0.1, -0.05) is 102 Å². The van der Waals surface area contributed by atoms with Crippen molar-refractivity contribution in [2.45, 2.75) is 110 Å². The molecule has 0 aromatic carbocycles. The summed E-state index contributed by atoms with van der Waals surface area (Å²) in [5, 5.41) is 8.66. The van der Waals surface area contributed by atoms with Crippen molar-refractivity contribution in [2.75, 3.05) is 6.61 Å². The van der Waals surface area contributed by atoms with Crippen LogP contribution in [0.4, 0.5) is 0 Å². The summed E-state index contributed by atoms with van der Waals surface area (Å²) in [5.74, 6) is 0. The molecule has 23 heavy (non-hydrogen) atoms. The van der Waals surface area contributed by atoms with Crippen LogP contribution in [0.3, 0.4) is 0 Å². The molecule has 0 atom stereocenters. The van der Waals surface area contributed by atoms with Gasteiger partial charge < -0.3 is 5.11 Å². The van der Waals surface area contributed by atoms with Gasteiger partial charge in [0.15, 0.2) is 0 Å². The topological polar surface area (TPSA) is 20.2 Å². The Hall–Kier alpha value is -0.560. The number of aliphatic hydroxyl groups excluding tert-OH is 1. The van der Waals surface area contributed by atoms with Gasteiger partial charge in [-0.3, -0.25) is 0 Å². The predicted octanol–water partition coefficient (Wildman–Crippen LogP) is 7.35. The van der Waals surface area contributed by atoms with Gasteiger partial charge in [-0.05, 0) is 32.1 Å². The molecule has 0 aliphatic carbocycles. The highest BCUT2D eigenvalue weighted by atomic mass is 16.2.